The number of urea groups is 1. The fourth-order valence-electron chi connectivity index (χ4n) is 1.40. The van der Waals surface area contributed by atoms with Crippen LogP contribution in [0.5, 0.6) is 0 Å². The number of nitrogens with one attached hydrogen (secondary N) is 1. The molecular formula is C13H20N2O2. The fraction of sp³-hybridized carbons (Fsp3) is 0.462. The van der Waals surface area contributed by atoms with E-state index < -0.39 is 0 Å². The summed E-state index contributed by atoms with van der Waals surface area (Å²) in [4.78, 5) is 13.4. The molecule has 0 aliphatic rings. The van der Waals surface area contributed by atoms with Gasteiger partial charge in [-0.1, -0.05) is 17.7 Å². The molecule has 1 rings (SSSR count). The molecule has 4 nitrogen and oxygen atoms in total. The Balaban J connectivity index is 2.40. The van der Waals surface area contributed by atoms with Crippen LogP contribution in [0.3, 0.4) is 0 Å². The number of carbonyl (C=O) groups is 1. The average Bonchev–Trinajstić information content (AvgIpc) is 2.32. The monoisotopic (exact) mass is 236 g/mol. The number of methoxy groups -OCH3 is 1. The van der Waals surface area contributed by atoms with Crippen molar-refractivity contribution >= 4 is 11.7 Å². The van der Waals surface area contributed by atoms with Gasteiger partial charge in [0.1, 0.15) is 0 Å². The number of hydrogen-bond donors (Lipinski definition) is 1. The number of hydrogen-bond acceptors (Lipinski definition) is 2. The maximum atomic E-state index is 11.8. The predicted molar refractivity (Wildman–Crippen MR) is 69.3 cm³/mol. The molecule has 1 N–H and O–H groups in total. The summed E-state index contributed by atoms with van der Waals surface area (Å²) < 4.78 is 4.95. The molecule has 1 aromatic carbocycles. The quantitative estimate of drug-likeness (QED) is 0.798. The van der Waals surface area contributed by atoms with Gasteiger partial charge >= 0.3 is 6.03 Å². The maximum Gasteiger partial charge on any atom is 0.321 e. The third-order valence-electron chi connectivity index (χ3n) is 2.49. The molecule has 1 aromatic rings. The summed E-state index contributed by atoms with van der Waals surface area (Å²) in [5, 5.41) is 2.84. The van der Waals surface area contributed by atoms with Crippen molar-refractivity contribution in [1.29, 1.82) is 0 Å². The lowest BCUT2D eigenvalue weighted by Crippen LogP contribution is -2.32. The van der Waals surface area contributed by atoms with Gasteiger partial charge < -0.3 is 15.0 Å². The minimum atomic E-state index is -0.0926. The molecule has 0 aliphatic carbocycles. The molecule has 0 bridgehead atoms. The molecule has 0 saturated carbocycles. The molecule has 4 heteroatoms. The number of benzene rings is 1. The Morgan fingerprint density at radius 3 is 2.59 bits per heavy atom. The first kappa shape index (κ1) is 13.5. The smallest absolute Gasteiger partial charge is 0.321 e. The molecule has 0 atom stereocenters. The van der Waals surface area contributed by atoms with Gasteiger partial charge in [-0.25, -0.2) is 4.79 Å². The van der Waals surface area contributed by atoms with Gasteiger partial charge in [-0.2, -0.15) is 0 Å². The molecule has 0 aliphatic heterocycles. The standard InChI is InChI=1S/C13H20N2O2/c1-11-5-7-12(8-6-11)14-13(16)15(2)9-4-10-17-3/h5-8H,4,9-10H2,1-3H3,(H,14,16). The first-order valence-corrected chi connectivity index (χ1v) is 5.71. The summed E-state index contributed by atoms with van der Waals surface area (Å²) in [5.41, 5.74) is 2.00. The number of nitrogens with zero attached hydrogens (tertiary/aromatic N) is 1. The van der Waals surface area contributed by atoms with Gasteiger partial charge in [0, 0.05) is 33.0 Å². The number of rotatable bonds is 5. The summed E-state index contributed by atoms with van der Waals surface area (Å²) in [5.74, 6) is 0. The van der Waals surface area contributed by atoms with Gasteiger partial charge in [0.05, 0.1) is 0 Å². The Hall–Kier alpha value is -1.55. The van der Waals surface area contributed by atoms with Crippen LogP contribution in [-0.4, -0.2) is 38.2 Å². The predicted octanol–water partition coefficient (Wildman–Crippen LogP) is 2.50. The van der Waals surface area contributed by atoms with Crippen molar-refractivity contribution in [1.82, 2.24) is 4.90 Å². The molecular weight excluding hydrogens is 216 g/mol. The molecule has 0 fully saturated rings. The lowest BCUT2D eigenvalue weighted by atomic mass is 10.2. The van der Waals surface area contributed by atoms with Gasteiger partial charge in [-0.15, -0.1) is 0 Å². The number of ether oxygens (including phenoxy) is 1. The Bertz CT molecular complexity index is 349. The Morgan fingerprint density at radius 1 is 1.35 bits per heavy atom. The second-order valence-electron chi connectivity index (χ2n) is 4.06. The van der Waals surface area contributed by atoms with Crippen LogP contribution < -0.4 is 5.32 Å². The Labute approximate surface area is 103 Å². The summed E-state index contributed by atoms with van der Waals surface area (Å²) in [6.45, 7) is 3.37. The third kappa shape index (κ3) is 4.87. The molecule has 2 amide bonds. The zero-order chi connectivity index (χ0) is 12.7. The molecule has 0 spiro atoms. The number of carbonyl (C=O) groups excluding carboxylic acids is 1. The summed E-state index contributed by atoms with van der Waals surface area (Å²) >= 11 is 0. The van der Waals surface area contributed by atoms with Crippen LogP contribution in [0.25, 0.3) is 0 Å². The van der Waals surface area contributed by atoms with E-state index >= 15 is 0 Å². The lowest BCUT2D eigenvalue weighted by molar-refractivity contribution is 0.179. The van der Waals surface area contributed by atoms with Crippen molar-refractivity contribution in [2.45, 2.75) is 13.3 Å². The topological polar surface area (TPSA) is 41.6 Å². The van der Waals surface area contributed by atoms with Gasteiger partial charge in [0.15, 0.2) is 0 Å². The molecule has 0 aromatic heterocycles. The van der Waals surface area contributed by atoms with Crippen molar-refractivity contribution < 1.29 is 9.53 Å². The van der Waals surface area contributed by atoms with E-state index in [4.69, 9.17) is 4.74 Å². The zero-order valence-corrected chi connectivity index (χ0v) is 10.7. The van der Waals surface area contributed by atoms with Gasteiger partial charge in [0.2, 0.25) is 0 Å². The number of aryl methyl sites for hydroxylation is 1. The number of anilines is 1. The number of amides is 2. The van der Waals surface area contributed by atoms with Crippen LogP contribution in [0.1, 0.15) is 12.0 Å². The van der Waals surface area contributed by atoms with Crippen molar-refractivity contribution in [3.05, 3.63) is 29.8 Å². The summed E-state index contributed by atoms with van der Waals surface area (Å²) in [6, 6.07) is 7.65. The summed E-state index contributed by atoms with van der Waals surface area (Å²) in [7, 11) is 3.44. The lowest BCUT2D eigenvalue weighted by Gasteiger charge is -2.17. The van der Waals surface area contributed by atoms with Gasteiger partial charge in [-0.3, -0.25) is 0 Å². The zero-order valence-electron chi connectivity index (χ0n) is 10.7. The van der Waals surface area contributed by atoms with E-state index in [1.165, 1.54) is 5.56 Å². The normalized spacial score (nSPS) is 10.1. The largest absolute Gasteiger partial charge is 0.385 e. The average molecular weight is 236 g/mol. The fourth-order valence-corrected chi connectivity index (χ4v) is 1.40. The van der Waals surface area contributed by atoms with Crippen LogP contribution in [0.4, 0.5) is 10.5 Å². The second kappa shape index (κ2) is 6.91. The summed E-state index contributed by atoms with van der Waals surface area (Å²) in [6.07, 6.45) is 0.842. The van der Waals surface area contributed by atoms with Gasteiger partial charge in [0.25, 0.3) is 0 Å². The van der Waals surface area contributed by atoms with E-state index in [2.05, 4.69) is 5.32 Å². The molecule has 0 saturated heterocycles. The van der Waals surface area contributed by atoms with Crippen molar-refractivity contribution in [3.63, 3.8) is 0 Å². The van der Waals surface area contributed by atoms with Crippen LogP contribution >= 0.6 is 0 Å². The molecule has 0 heterocycles. The van der Waals surface area contributed by atoms with Crippen molar-refractivity contribution in [2.24, 2.45) is 0 Å². The maximum absolute atomic E-state index is 11.8. The minimum Gasteiger partial charge on any atom is -0.385 e. The molecule has 17 heavy (non-hydrogen) atoms. The molecule has 0 unspecified atom stereocenters. The Kier molecular flexibility index (Phi) is 5.49. The van der Waals surface area contributed by atoms with E-state index in [0.717, 1.165) is 12.1 Å². The minimum absolute atomic E-state index is 0.0926. The van der Waals surface area contributed by atoms with Crippen LogP contribution in [0.15, 0.2) is 24.3 Å². The van der Waals surface area contributed by atoms with E-state index in [1.54, 1.807) is 19.1 Å². The SMILES string of the molecule is COCCCN(C)C(=O)Nc1ccc(C)cc1. The highest BCUT2D eigenvalue weighted by molar-refractivity contribution is 5.89. The highest BCUT2D eigenvalue weighted by Gasteiger charge is 2.07. The van der Waals surface area contributed by atoms with E-state index in [-0.39, 0.29) is 6.03 Å². The van der Waals surface area contributed by atoms with Crippen molar-refractivity contribution in [2.75, 3.05) is 32.6 Å². The van der Waals surface area contributed by atoms with Crippen LogP contribution in [0, 0.1) is 6.92 Å². The van der Waals surface area contributed by atoms with Crippen LogP contribution in [0.2, 0.25) is 0 Å². The second-order valence-corrected chi connectivity index (χ2v) is 4.06. The molecule has 0 radical (unpaired) electrons. The van der Waals surface area contributed by atoms with Crippen molar-refractivity contribution in [3.8, 4) is 0 Å². The highest BCUT2D eigenvalue weighted by Crippen LogP contribution is 2.09. The Morgan fingerprint density at radius 2 is 2.00 bits per heavy atom. The first-order valence-electron chi connectivity index (χ1n) is 5.71. The van der Waals surface area contributed by atoms with Gasteiger partial charge in [-0.05, 0) is 25.5 Å². The molecule has 94 valence electrons. The van der Waals surface area contributed by atoms with E-state index in [9.17, 15) is 4.79 Å². The van der Waals surface area contributed by atoms with Crippen LogP contribution in [-0.2, 0) is 4.74 Å². The first-order chi connectivity index (χ1) is 8.13. The highest BCUT2D eigenvalue weighted by atomic mass is 16.5. The van der Waals surface area contributed by atoms with E-state index in [1.807, 2.05) is 31.2 Å². The third-order valence-corrected chi connectivity index (χ3v) is 2.49. The van der Waals surface area contributed by atoms with E-state index in [0.29, 0.717) is 13.2 Å².